The Balaban J connectivity index is 3.36. The van der Waals surface area contributed by atoms with E-state index in [1.165, 1.54) is 12.8 Å². The summed E-state index contributed by atoms with van der Waals surface area (Å²) in [4.78, 5) is 10.3. The average molecular weight is 185 g/mol. The number of carbonyl (C=O) groups is 1. The van der Waals surface area contributed by atoms with Crippen LogP contribution in [0.5, 0.6) is 0 Å². The molecule has 0 radical (unpaired) electrons. The molecule has 0 saturated heterocycles. The summed E-state index contributed by atoms with van der Waals surface area (Å²) >= 11 is 0. The highest BCUT2D eigenvalue weighted by Gasteiger charge is 2.04. The van der Waals surface area contributed by atoms with Crippen molar-refractivity contribution >= 4 is 5.97 Å². The number of rotatable bonds is 7. The van der Waals surface area contributed by atoms with E-state index in [0.717, 1.165) is 18.8 Å². The van der Waals surface area contributed by atoms with Crippen LogP contribution in [0.2, 0.25) is 0 Å². The minimum absolute atomic E-state index is 0.209. The molecule has 0 aliphatic heterocycles. The molecule has 0 amide bonds. The molecule has 0 aromatic heterocycles. The van der Waals surface area contributed by atoms with Gasteiger partial charge in [0, 0.05) is 5.97 Å². The molecule has 0 fully saturated rings. The van der Waals surface area contributed by atoms with Crippen LogP contribution in [0.1, 0.15) is 52.9 Å². The Morgan fingerprint density at radius 3 is 2.23 bits per heavy atom. The maximum atomic E-state index is 10.3. The Morgan fingerprint density at radius 2 is 1.77 bits per heavy atom. The van der Waals surface area contributed by atoms with Gasteiger partial charge < -0.3 is 9.90 Å². The molecular weight excluding hydrogens is 164 g/mol. The van der Waals surface area contributed by atoms with E-state index in [-0.39, 0.29) is 12.3 Å². The summed E-state index contributed by atoms with van der Waals surface area (Å²) in [6.45, 7) is 6.41. The Labute approximate surface area is 81.3 Å². The third-order valence-corrected chi connectivity index (χ3v) is 2.61. The van der Waals surface area contributed by atoms with Gasteiger partial charge in [-0.05, 0) is 18.3 Å². The van der Waals surface area contributed by atoms with Crippen molar-refractivity contribution in [1.29, 1.82) is 0 Å². The summed E-state index contributed by atoms with van der Waals surface area (Å²) in [7, 11) is 0. The second-order valence-electron chi connectivity index (χ2n) is 4.13. The zero-order chi connectivity index (χ0) is 10.3. The summed E-state index contributed by atoms with van der Waals surface area (Å²) in [5.41, 5.74) is 0. The highest BCUT2D eigenvalue weighted by atomic mass is 16.4. The Hall–Kier alpha value is -0.530. The fourth-order valence-corrected chi connectivity index (χ4v) is 1.41. The molecule has 0 spiro atoms. The Bertz CT molecular complexity index is 143. The van der Waals surface area contributed by atoms with Gasteiger partial charge in [-0.15, -0.1) is 0 Å². The van der Waals surface area contributed by atoms with E-state index in [4.69, 9.17) is 0 Å². The summed E-state index contributed by atoms with van der Waals surface area (Å²) in [6, 6.07) is 0. The normalized spacial score (nSPS) is 15.3. The van der Waals surface area contributed by atoms with E-state index in [9.17, 15) is 9.90 Å². The number of hydrogen-bond acceptors (Lipinski definition) is 2. The first-order valence-electron chi connectivity index (χ1n) is 5.26. The molecule has 0 saturated carbocycles. The predicted octanol–water partition coefficient (Wildman–Crippen LogP) is 1.98. The molecule has 0 N–H and O–H groups in total. The van der Waals surface area contributed by atoms with E-state index in [1.54, 1.807) is 0 Å². The molecule has 2 unspecified atom stereocenters. The van der Waals surface area contributed by atoms with Crippen molar-refractivity contribution in [3.63, 3.8) is 0 Å². The Morgan fingerprint density at radius 1 is 1.23 bits per heavy atom. The van der Waals surface area contributed by atoms with Crippen LogP contribution in [0, 0.1) is 11.8 Å². The van der Waals surface area contributed by atoms with Crippen LogP contribution in [0.15, 0.2) is 0 Å². The smallest absolute Gasteiger partial charge is 0.0416 e. The first-order valence-corrected chi connectivity index (χ1v) is 5.26. The van der Waals surface area contributed by atoms with E-state index in [0.29, 0.717) is 0 Å². The lowest BCUT2D eigenvalue weighted by Crippen LogP contribution is -2.24. The molecule has 0 rings (SSSR count). The molecular formula is C11H21O2-. The molecule has 13 heavy (non-hydrogen) atoms. The van der Waals surface area contributed by atoms with E-state index in [2.05, 4.69) is 13.8 Å². The lowest BCUT2D eigenvalue weighted by molar-refractivity contribution is -0.306. The number of carboxylic acid groups (broad SMARTS) is 1. The molecule has 2 nitrogen and oxygen atoms in total. The van der Waals surface area contributed by atoms with Crippen LogP contribution in [-0.2, 0) is 4.79 Å². The van der Waals surface area contributed by atoms with Crippen LogP contribution in [-0.4, -0.2) is 5.97 Å². The van der Waals surface area contributed by atoms with E-state index >= 15 is 0 Å². The third kappa shape index (κ3) is 7.82. The average Bonchev–Trinajstić information content (AvgIpc) is 2.02. The minimum Gasteiger partial charge on any atom is -0.550 e. The van der Waals surface area contributed by atoms with Crippen molar-refractivity contribution in [2.24, 2.45) is 11.8 Å². The lowest BCUT2D eigenvalue weighted by atomic mass is 9.95. The van der Waals surface area contributed by atoms with Crippen LogP contribution in [0.25, 0.3) is 0 Å². The molecule has 78 valence electrons. The van der Waals surface area contributed by atoms with Gasteiger partial charge in [0.05, 0.1) is 0 Å². The largest absolute Gasteiger partial charge is 0.550 e. The topological polar surface area (TPSA) is 40.1 Å². The maximum Gasteiger partial charge on any atom is 0.0416 e. The summed E-state index contributed by atoms with van der Waals surface area (Å²) in [6.07, 6.45) is 4.80. The molecule has 0 bridgehead atoms. The van der Waals surface area contributed by atoms with Gasteiger partial charge in [-0.25, -0.2) is 0 Å². The van der Waals surface area contributed by atoms with E-state index < -0.39 is 5.97 Å². The van der Waals surface area contributed by atoms with Gasteiger partial charge >= 0.3 is 0 Å². The monoisotopic (exact) mass is 185 g/mol. The standard InChI is InChI=1S/C11H22O2/c1-4-9(2)6-5-7-10(3)8-11(12)13/h9-10H,4-8H2,1-3H3,(H,12,13)/p-1. The molecule has 2 atom stereocenters. The zero-order valence-corrected chi connectivity index (χ0v) is 9.01. The van der Waals surface area contributed by atoms with Gasteiger partial charge in [0.1, 0.15) is 0 Å². The van der Waals surface area contributed by atoms with Crippen molar-refractivity contribution in [1.82, 2.24) is 0 Å². The second-order valence-corrected chi connectivity index (χ2v) is 4.13. The number of hydrogen-bond donors (Lipinski definition) is 0. The van der Waals surface area contributed by atoms with Gasteiger partial charge in [-0.1, -0.05) is 46.5 Å². The van der Waals surface area contributed by atoms with Gasteiger partial charge in [-0.3, -0.25) is 0 Å². The van der Waals surface area contributed by atoms with Crippen LogP contribution in [0.3, 0.4) is 0 Å². The van der Waals surface area contributed by atoms with E-state index in [1.807, 2.05) is 6.92 Å². The van der Waals surface area contributed by atoms with Gasteiger partial charge in [-0.2, -0.15) is 0 Å². The van der Waals surface area contributed by atoms with Crippen molar-refractivity contribution in [3.05, 3.63) is 0 Å². The maximum absolute atomic E-state index is 10.3. The molecule has 2 heteroatoms. The Kier molecular flexibility index (Phi) is 6.65. The summed E-state index contributed by atoms with van der Waals surface area (Å²) < 4.78 is 0. The number of carbonyl (C=O) groups excluding carboxylic acids is 1. The van der Waals surface area contributed by atoms with Crippen LogP contribution in [0.4, 0.5) is 0 Å². The van der Waals surface area contributed by atoms with Gasteiger partial charge in [0.25, 0.3) is 0 Å². The van der Waals surface area contributed by atoms with Crippen molar-refractivity contribution in [2.45, 2.75) is 52.9 Å². The molecule has 0 aliphatic carbocycles. The quantitative estimate of drug-likeness (QED) is 0.608. The molecule has 0 aromatic rings. The second kappa shape index (κ2) is 6.93. The lowest BCUT2D eigenvalue weighted by Gasteiger charge is -2.13. The van der Waals surface area contributed by atoms with Crippen molar-refractivity contribution in [2.75, 3.05) is 0 Å². The molecule has 0 aliphatic rings. The summed E-state index contributed by atoms with van der Waals surface area (Å²) in [5.74, 6) is 0.125. The first-order chi connectivity index (χ1) is 6.06. The number of carboxylic acids is 1. The van der Waals surface area contributed by atoms with Crippen LogP contribution >= 0.6 is 0 Å². The van der Waals surface area contributed by atoms with Crippen LogP contribution < -0.4 is 5.11 Å². The minimum atomic E-state index is -0.920. The summed E-state index contributed by atoms with van der Waals surface area (Å²) in [5, 5.41) is 10.3. The van der Waals surface area contributed by atoms with Gasteiger partial charge in [0.2, 0.25) is 0 Å². The molecule has 0 heterocycles. The van der Waals surface area contributed by atoms with Gasteiger partial charge in [0.15, 0.2) is 0 Å². The zero-order valence-electron chi connectivity index (χ0n) is 9.01. The van der Waals surface area contributed by atoms with Crippen molar-refractivity contribution in [3.8, 4) is 0 Å². The fraction of sp³-hybridized carbons (Fsp3) is 0.909. The highest BCUT2D eigenvalue weighted by molar-refractivity contribution is 5.64. The van der Waals surface area contributed by atoms with Crippen molar-refractivity contribution < 1.29 is 9.90 Å². The highest BCUT2D eigenvalue weighted by Crippen LogP contribution is 2.16. The SMILES string of the molecule is CCC(C)CCCC(C)CC(=O)[O-]. The molecule has 0 aromatic carbocycles. The fourth-order valence-electron chi connectivity index (χ4n) is 1.41. The predicted molar refractivity (Wildman–Crippen MR) is 52.1 cm³/mol. The third-order valence-electron chi connectivity index (χ3n) is 2.61. The number of aliphatic carboxylic acids is 1. The first kappa shape index (κ1) is 12.5.